The summed E-state index contributed by atoms with van der Waals surface area (Å²) in [6.07, 6.45) is 5.26. The molecule has 1 aromatic rings. The van der Waals surface area contributed by atoms with Crippen molar-refractivity contribution in [1.29, 1.82) is 0 Å². The number of likely N-dealkylation sites (tertiary alicyclic amines) is 1. The Labute approximate surface area is 127 Å². The lowest BCUT2D eigenvalue weighted by Gasteiger charge is -2.15. The molecule has 104 valence electrons. The summed E-state index contributed by atoms with van der Waals surface area (Å²) in [4.78, 5) is 26.0. The molecular formula is C15H13Cl2NO2. The molecular weight excluding hydrogens is 297 g/mol. The van der Waals surface area contributed by atoms with Gasteiger partial charge in [-0.1, -0.05) is 41.4 Å². The van der Waals surface area contributed by atoms with Crippen LogP contribution in [0.15, 0.2) is 30.4 Å². The van der Waals surface area contributed by atoms with Gasteiger partial charge >= 0.3 is 0 Å². The number of hydrogen-bond donors (Lipinski definition) is 0. The van der Waals surface area contributed by atoms with Crippen LogP contribution in [0, 0.1) is 11.8 Å². The van der Waals surface area contributed by atoms with Crippen molar-refractivity contribution in [3.05, 3.63) is 46.0 Å². The summed E-state index contributed by atoms with van der Waals surface area (Å²) in [5.74, 6) is -0.567. The van der Waals surface area contributed by atoms with Gasteiger partial charge in [0.1, 0.15) is 0 Å². The minimum Gasteiger partial charge on any atom is -0.278 e. The van der Waals surface area contributed by atoms with Gasteiger partial charge in [-0.3, -0.25) is 14.5 Å². The molecule has 0 aromatic heterocycles. The van der Waals surface area contributed by atoms with Crippen LogP contribution in [0.25, 0.3) is 0 Å². The molecule has 2 amide bonds. The monoisotopic (exact) mass is 309 g/mol. The summed E-state index contributed by atoms with van der Waals surface area (Å²) in [6.45, 7) is 0.223. The van der Waals surface area contributed by atoms with Crippen LogP contribution in [0.5, 0.6) is 0 Å². The standard InChI is InChI=1S/C15H13Cl2NO2/c16-10-6-5-9(13(17)7-10)8-18-14(19)11-3-1-2-4-12(11)15(18)20/h1-2,5-7,11-12H,3-4,8H2/t11-,12-/m0/s1. The Kier molecular flexibility index (Phi) is 3.57. The van der Waals surface area contributed by atoms with Crippen LogP contribution in [0.1, 0.15) is 18.4 Å². The first-order chi connectivity index (χ1) is 9.58. The van der Waals surface area contributed by atoms with E-state index in [0.29, 0.717) is 22.9 Å². The molecule has 1 aliphatic carbocycles. The molecule has 0 unspecified atom stereocenters. The average Bonchev–Trinajstić information content (AvgIpc) is 2.67. The maximum atomic E-state index is 12.3. The van der Waals surface area contributed by atoms with Gasteiger partial charge in [0.2, 0.25) is 11.8 Å². The number of nitrogens with zero attached hydrogens (tertiary/aromatic N) is 1. The largest absolute Gasteiger partial charge is 0.278 e. The van der Waals surface area contributed by atoms with Gasteiger partial charge < -0.3 is 0 Å². The van der Waals surface area contributed by atoms with Crippen LogP contribution in [0.2, 0.25) is 10.0 Å². The first-order valence-corrected chi connectivity index (χ1v) is 7.27. The zero-order valence-corrected chi connectivity index (χ0v) is 12.2. The predicted molar refractivity (Wildman–Crippen MR) is 77.4 cm³/mol. The first-order valence-electron chi connectivity index (χ1n) is 6.52. The smallest absolute Gasteiger partial charge is 0.233 e. The minimum absolute atomic E-state index is 0.0876. The molecule has 20 heavy (non-hydrogen) atoms. The van der Waals surface area contributed by atoms with Crippen LogP contribution in [0.3, 0.4) is 0 Å². The normalized spacial score (nSPS) is 25.2. The lowest BCUT2D eigenvalue weighted by molar-refractivity contribution is -0.140. The van der Waals surface area contributed by atoms with Crippen LogP contribution >= 0.6 is 23.2 Å². The fraction of sp³-hybridized carbons (Fsp3) is 0.333. The molecule has 0 radical (unpaired) electrons. The molecule has 5 heteroatoms. The first kappa shape index (κ1) is 13.7. The number of carbonyl (C=O) groups excluding carboxylic acids is 2. The molecule has 0 N–H and O–H groups in total. The fourth-order valence-corrected chi connectivity index (χ4v) is 3.31. The molecule has 0 spiro atoms. The van der Waals surface area contributed by atoms with E-state index in [9.17, 15) is 9.59 Å². The van der Waals surface area contributed by atoms with Gasteiger partial charge in [0.15, 0.2) is 0 Å². The van der Waals surface area contributed by atoms with Gasteiger partial charge in [0, 0.05) is 10.0 Å². The Morgan fingerprint density at radius 3 is 2.20 bits per heavy atom. The molecule has 0 saturated carbocycles. The van der Waals surface area contributed by atoms with Crippen molar-refractivity contribution < 1.29 is 9.59 Å². The van der Waals surface area contributed by atoms with E-state index >= 15 is 0 Å². The molecule has 2 atom stereocenters. The molecule has 1 fully saturated rings. The molecule has 1 heterocycles. The van der Waals surface area contributed by atoms with Crippen molar-refractivity contribution in [1.82, 2.24) is 4.90 Å². The molecule has 2 aliphatic rings. The number of allylic oxidation sites excluding steroid dienone is 2. The summed E-state index contributed by atoms with van der Waals surface area (Å²) < 4.78 is 0. The average molecular weight is 310 g/mol. The van der Waals surface area contributed by atoms with Gasteiger partial charge in [-0.25, -0.2) is 0 Å². The van der Waals surface area contributed by atoms with Crippen molar-refractivity contribution >= 4 is 35.0 Å². The Balaban J connectivity index is 1.84. The highest BCUT2D eigenvalue weighted by Gasteiger charge is 2.47. The van der Waals surface area contributed by atoms with Gasteiger partial charge in [-0.2, -0.15) is 0 Å². The third-order valence-electron chi connectivity index (χ3n) is 3.94. The van der Waals surface area contributed by atoms with Crippen molar-refractivity contribution in [2.75, 3.05) is 0 Å². The third kappa shape index (κ3) is 2.25. The molecule has 1 saturated heterocycles. The predicted octanol–water partition coefficient (Wildman–Crippen LogP) is 3.44. The molecule has 3 nitrogen and oxygen atoms in total. The highest BCUT2D eigenvalue weighted by Crippen LogP contribution is 2.36. The van der Waals surface area contributed by atoms with Gasteiger partial charge in [-0.05, 0) is 30.5 Å². The zero-order chi connectivity index (χ0) is 14.3. The summed E-state index contributed by atoms with van der Waals surface area (Å²) in [6, 6.07) is 5.09. The second-order valence-corrected chi connectivity index (χ2v) is 6.00. The second-order valence-electron chi connectivity index (χ2n) is 5.15. The van der Waals surface area contributed by atoms with E-state index in [0.717, 1.165) is 5.56 Å². The van der Waals surface area contributed by atoms with E-state index in [1.54, 1.807) is 18.2 Å². The molecule has 0 bridgehead atoms. The van der Waals surface area contributed by atoms with Gasteiger partial charge in [0.05, 0.1) is 18.4 Å². The summed E-state index contributed by atoms with van der Waals surface area (Å²) in [5, 5.41) is 1.02. The Bertz CT molecular complexity index is 586. The van der Waals surface area contributed by atoms with Gasteiger partial charge in [0.25, 0.3) is 0 Å². The number of amides is 2. The number of imide groups is 1. The second kappa shape index (κ2) is 5.23. The van der Waals surface area contributed by atoms with Gasteiger partial charge in [-0.15, -0.1) is 0 Å². The van der Waals surface area contributed by atoms with Crippen LogP contribution in [-0.2, 0) is 16.1 Å². The van der Waals surface area contributed by atoms with E-state index in [4.69, 9.17) is 23.2 Å². The number of fused-ring (bicyclic) bond motifs is 1. The third-order valence-corrected chi connectivity index (χ3v) is 4.53. The zero-order valence-electron chi connectivity index (χ0n) is 10.7. The summed E-state index contributed by atoms with van der Waals surface area (Å²) in [5.41, 5.74) is 0.740. The van der Waals surface area contributed by atoms with Crippen molar-refractivity contribution in [3.8, 4) is 0 Å². The number of halogens is 2. The lowest BCUT2D eigenvalue weighted by atomic mass is 9.85. The van der Waals surface area contributed by atoms with Crippen LogP contribution in [-0.4, -0.2) is 16.7 Å². The number of rotatable bonds is 2. The highest BCUT2D eigenvalue weighted by atomic mass is 35.5. The maximum absolute atomic E-state index is 12.3. The van der Waals surface area contributed by atoms with E-state index in [2.05, 4.69) is 0 Å². The quantitative estimate of drug-likeness (QED) is 0.620. The fourth-order valence-electron chi connectivity index (χ4n) is 2.85. The Morgan fingerprint density at radius 1 is 1.05 bits per heavy atom. The van der Waals surface area contributed by atoms with Crippen LogP contribution in [0.4, 0.5) is 0 Å². The van der Waals surface area contributed by atoms with Crippen LogP contribution < -0.4 is 0 Å². The van der Waals surface area contributed by atoms with E-state index < -0.39 is 0 Å². The number of hydrogen-bond acceptors (Lipinski definition) is 2. The van der Waals surface area contributed by atoms with E-state index in [1.165, 1.54) is 4.90 Å². The number of carbonyl (C=O) groups is 2. The van der Waals surface area contributed by atoms with Crippen molar-refractivity contribution in [2.45, 2.75) is 19.4 Å². The summed E-state index contributed by atoms with van der Waals surface area (Å²) >= 11 is 12.0. The van der Waals surface area contributed by atoms with E-state index in [-0.39, 0.29) is 30.2 Å². The highest BCUT2D eigenvalue weighted by molar-refractivity contribution is 6.35. The molecule has 1 aliphatic heterocycles. The molecule has 1 aromatic carbocycles. The Morgan fingerprint density at radius 2 is 1.65 bits per heavy atom. The van der Waals surface area contributed by atoms with Crippen molar-refractivity contribution in [2.24, 2.45) is 11.8 Å². The Hall–Kier alpha value is -1.32. The lowest BCUT2D eigenvalue weighted by Crippen LogP contribution is -2.30. The minimum atomic E-state index is -0.196. The van der Waals surface area contributed by atoms with E-state index in [1.807, 2.05) is 12.2 Å². The summed E-state index contributed by atoms with van der Waals surface area (Å²) in [7, 11) is 0. The maximum Gasteiger partial charge on any atom is 0.233 e. The SMILES string of the molecule is O=C1[C@H]2CC=CC[C@@H]2C(=O)N1Cc1ccc(Cl)cc1Cl. The molecule has 3 rings (SSSR count). The van der Waals surface area contributed by atoms with Crippen molar-refractivity contribution in [3.63, 3.8) is 0 Å². The number of benzene rings is 1. The topological polar surface area (TPSA) is 37.4 Å².